The van der Waals surface area contributed by atoms with Crippen molar-refractivity contribution < 1.29 is 51.5 Å². The van der Waals surface area contributed by atoms with Gasteiger partial charge in [-0.2, -0.15) is 43.2 Å². The highest BCUT2D eigenvalue weighted by atomic mass is 32.2. The summed E-state index contributed by atoms with van der Waals surface area (Å²) >= 11 is 0. The van der Waals surface area contributed by atoms with Crippen molar-refractivity contribution in [1.29, 1.82) is 0 Å². The van der Waals surface area contributed by atoms with Crippen LogP contribution in [0.1, 0.15) is 6.92 Å². The van der Waals surface area contributed by atoms with Crippen molar-refractivity contribution >= 4 is 20.2 Å². The smallest absolute Gasteiger partial charge is 0.267 e. The highest BCUT2D eigenvalue weighted by Crippen LogP contribution is 2.20. The molecular weight excluding hydrogens is 358 g/mol. The summed E-state index contributed by atoms with van der Waals surface area (Å²) in [6.07, 6.45) is -11.9. The van der Waals surface area contributed by atoms with Crippen molar-refractivity contribution in [3.8, 4) is 0 Å². The first-order valence-corrected chi connectivity index (χ1v) is 8.08. The molecule has 0 heterocycles. The first-order chi connectivity index (χ1) is 9.02. The largest absolute Gasteiger partial charge is 0.405 e. The maximum Gasteiger partial charge on any atom is 0.405 e. The van der Waals surface area contributed by atoms with Crippen LogP contribution in [-0.2, 0) is 28.6 Å². The van der Waals surface area contributed by atoms with Gasteiger partial charge < -0.3 is 0 Å². The highest BCUT2D eigenvalue weighted by molar-refractivity contribution is 7.87. The van der Waals surface area contributed by atoms with E-state index in [1.54, 1.807) is 0 Å². The summed E-state index contributed by atoms with van der Waals surface area (Å²) in [6, 6.07) is 0. The van der Waals surface area contributed by atoms with Crippen LogP contribution in [0, 0.1) is 0 Å². The molecule has 128 valence electrons. The first kappa shape index (κ1) is 20.4. The second-order valence-corrected chi connectivity index (χ2v) is 7.06. The van der Waals surface area contributed by atoms with Crippen LogP contribution in [0.5, 0.6) is 0 Å². The lowest BCUT2D eigenvalue weighted by atomic mass is 10.5. The second-order valence-electron chi connectivity index (χ2n) is 3.83. The Morgan fingerprint density at radius 1 is 0.857 bits per heavy atom. The average Bonchev–Trinajstić information content (AvgIpc) is 2.05. The summed E-state index contributed by atoms with van der Waals surface area (Å²) < 4.78 is 122. The second kappa shape index (κ2) is 6.66. The van der Waals surface area contributed by atoms with Crippen LogP contribution in [0.15, 0.2) is 0 Å². The fraction of sp³-hybridized carbons (Fsp3) is 1.00. The lowest BCUT2D eigenvalue weighted by molar-refractivity contribution is -0.109. The summed E-state index contributed by atoms with van der Waals surface area (Å²) in [4.78, 5) is 0. The van der Waals surface area contributed by atoms with Gasteiger partial charge in [-0.05, 0) is 6.92 Å². The minimum absolute atomic E-state index is 0.817. The van der Waals surface area contributed by atoms with Gasteiger partial charge >= 0.3 is 12.4 Å². The van der Waals surface area contributed by atoms with Crippen LogP contribution < -0.4 is 0 Å². The third-order valence-corrected chi connectivity index (χ3v) is 3.95. The van der Waals surface area contributed by atoms with Crippen LogP contribution in [0.3, 0.4) is 0 Å². The van der Waals surface area contributed by atoms with Crippen molar-refractivity contribution in [1.82, 2.24) is 0 Å². The molecule has 0 N–H and O–H groups in total. The Morgan fingerprint density at radius 3 is 1.62 bits per heavy atom. The highest BCUT2D eigenvalue weighted by Gasteiger charge is 2.38. The van der Waals surface area contributed by atoms with Crippen molar-refractivity contribution in [3.05, 3.63) is 0 Å². The van der Waals surface area contributed by atoms with Gasteiger partial charge in [0, 0.05) is 0 Å². The minimum Gasteiger partial charge on any atom is -0.267 e. The molecule has 0 amide bonds. The van der Waals surface area contributed by atoms with Crippen molar-refractivity contribution in [3.63, 3.8) is 0 Å². The van der Waals surface area contributed by atoms with Gasteiger partial charge in [-0.25, -0.2) is 0 Å². The molecule has 0 radical (unpaired) electrons. The van der Waals surface area contributed by atoms with Gasteiger partial charge in [0.1, 0.15) is 0 Å². The normalized spacial score (nSPS) is 16.0. The monoisotopic (exact) mass is 368 g/mol. The lowest BCUT2D eigenvalue weighted by Crippen LogP contribution is -2.31. The lowest BCUT2D eigenvalue weighted by Gasteiger charge is -2.14. The zero-order valence-corrected chi connectivity index (χ0v) is 11.9. The molecule has 6 nitrogen and oxygen atoms in total. The Morgan fingerprint density at radius 2 is 1.24 bits per heavy atom. The number of hydrogen-bond acceptors (Lipinski definition) is 6. The van der Waals surface area contributed by atoms with Gasteiger partial charge in [0.25, 0.3) is 20.2 Å². The third-order valence-electron chi connectivity index (χ3n) is 1.47. The molecule has 0 fully saturated rings. The zero-order valence-electron chi connectivity index (χ0n) is 10.2. The standard InChI is InChI=1S/C7H10F6O6S2/c1-5(19-21(16,17)4-7(11,12)13)2-18-20(14,15)3-6(8,9)10/h5H,2-4H2,1H3. The fourth-order valence-electron chi connectivity index (χ4n) is 0.954. The Balaban J connectivity index is 4.50. The molecule has 21 heavy (non-hydrogen) atoms. The van der Waals surface area contributed by atoms with E-state index in [1.165, 1.54) is 0 Å². The number of alkyl halides is 6. The molecule has 0 saturated carbocycles. The number of rotatable bonds is 7. The van der Waals surface area contributed by atoms with E-state index in [9.17, 15) is 43.2 Å². The molecule has 0 aromatic carbocycles. The summed E-state index contributed by atoms with van der Waals surface area (Å²) in [5.41, 5.74) is 0. The van der Waals surface area contributed by atoms with Crippen molar-refractivity contribution in [2.75, 3.05) is 18.1 Å². The summed E-state index contributed by atoms with van der Waals surface area (Å²) in [5, 5.41) is 0. The number of hydrogen-bond donors (Lipinski definition) is 0. The molecule has 0 bridgehead atoms. The Bertz CT molecular complexity index is 533. The molecule has 1 unspecified atom stereocenters. The average molecular weight is 368 g/mol. The molecule has 0 aliphatic heterocycles. The molecular formula is C7H10F6O6S2. The third kappa shape index (κ3) is 11.7. The van der Waals surface area contributed by atoms with E-state index in [0.29, 0.717) is 0 Å². The number of halogens is 6. The summed E-state index contributed by atoms with van der Waals surface area (Å²) in [5.74, 6) is -4.64. The van der Waals surface area contributed by atoms with E-state index in [4.69, 9.17) is 0 Å². The van der Waals surface area contributed by atoms with Crippen LogP contribution in [0.4, 0.5) is 26.3 Å². The van der Waals surface area contributed by atoms with E-state index in [0.717, 1.165) is 6.92 Å². The minimum atomic E-state index is -5.08. The van der Waals surface area contributed by atoms with Gasteiger partial charge in [-0.1, -0.05) is 0 Å². The molecule has 14 heteroatoms. The summed E-state index contributed by atoms with van der Waals surface area (Å²) in [7, 11) is -10.1. The molecule has 0 aliphatic rings. The molecule has 0 rings (SSSR count). The summed E-state index contributed by atoms with van der Waals surface area (Å²) in [6.45, 7) is -0.369. The maximum absolute atomic E-state index is 11.9. The molecule has 0 aromatic rings. The SMILES string of the molecule is CC(COS(=O)(=O)CC(F)(F)F)OS(=O)(=O)CC(F)(F)F. The van der Waals surface area contributed by atoms with E-state index in [1.807, 2.05) is 0 Å². The predicted octanol–water partition coefficient (Wildman–Crippen LogP) is 1.19. The van der Waals surface area contributed by atoms with E-state index in [-0.39, 0.29) is 0 Å². The fourth-order valence-corrected chi connectivity index (χ4v) is 2.86. The van der Waals surface area contributed by atoms with Gasteiger partial charge in [0.15, 0.2) is 11.5 Å². The topological polar surface area (TPSA) is 86.7 Å². The van der Waals surface area contributed by atoms with Crippen molar-refractivity contribution in [2.24, 2.45) is 0 Å². The van der Waals surface area contributed by atoms with E-state index in [2.05, 4.69) is 8.37 Å². The Kier molecular flexibility index (Phi) is 6.47. The van der Waals surface area contributed by atoms with Gasteiger partial charge in [-0.15, -0.1) is 0 Å². The van der Waals surface area contributed by atoms with Crippen LogP contribution in [-0.4, -0.2) is 53.4 Å². The quantitative estimate of drug-likeness (QED) is 0.496. The molecule has 1 atom stereocenters. The van der Waals surface area contributed by atoms with E-state index < -0.39 is 56.8 Å². The van der Waals surface area contributed by atoms with E-state index >= 15 is 0 Å². The first-order valence-electron chi connectivity index (χ1n) is 4.93. The van der Waals surface area contributed by atoms with Crippen LogP contribution in [0.2, 0.25) is 0 Å². The maximum atomic E-state index is 11.9. The zero-order chi connectivity index (χ0) is 17.1. The molecule has 0 spiro atoms. The van der Waals surface area contributed by atoms with Gasteiger partial charge in [-0.3, -0.25) is 8.37 Å². The molecule has 0 aromatic heterocycles. The van der Waals surface area contributed by atoms with Gasteiger partial charge in [0.05, 0.1) is 12.7 Å². The van der Waals surface area contributed by atoms with Gasteiger partial charge in [0.2, 0.25) is 0 Å². The Hall–Kier alpha value is -0.600. The van der Waals surface area contributed by atoms with Crippen LogP contribution in [0.25, 0.3) is 0 Å². The molecule has 0 saturated heterocycles. The van der Waals surface area contributed by atoms with Crippen molar-refractivity contribution in [2.45, 2.75) is 25.4 Å². The van der Waals surface area contributed by atoms with Crippen LogP contribution >= 0.6 is 0 Å². The predicted molar refractivity (Wildman–Crippen MR) is 56.2 cm³/mol. The Labute approximate surface area is 116 Å². The molecule has 0 aliphatic carbocycles.